The van der Waals surface area contributed by atoms with Crippen molar-refractivity contribution < 1.29 is 13.9 Å². The van der Waals surface area contributed by atoms with Gasteiger partial charge in [-0.05, 0) is 42.7 Å². The number of amides is 1. The Bertz CT molecular complexity index is 811. The highest BCUT2D eigenvalue weighted by atomic mass is 16.5. The maximum atomic E-state index is 11.8. The molecule has 1 amide bonds. The van der Waals surface area contributed by atoms with Gasteiger partial charge in [0, 0.05) is 6.54 Å². The Hall–Kier alpha value is -2.82. The van der Waals surface area contributed by atoms with Crippen LogP contribution < -0.4 is 10.1 Å². The first-order valence-electron chi connectivity index (χ1n) is 7.49. The van der Waals surface area contributed by atoms with Crippen LogP contribution >= 0.6 is 0 Å². The molecule has 0 unspecified atom stereocenters. The Kier molecular flexibility index (Phi) is 4.57. The van der Waals surface area contributed by atoms with E-state index in [0.29, 0.717) is 6.54 Å². The number of ether oxygens (including phenoxy) is 1. The average molecular weight is 310 g/mol. The smallest absolute Gasteiger partial charge is 0.257 e. The van der Waals surface area contributed by atoms with E-state index in [4.69, 9.17) is 9.15 Å². The molecule has 118 valence electrons. The Morgan fingerprint density at radius 2 is 2.13 bits per heavy atom. The van der Waals surface area contributed by atoms with Crippen LogP contribution in [0.2, 0.25) is 0 Å². The van der Waals surface area contributed by atoms with Crippen LogP contribution in [0.4, 0.5) is 0 Å². The first kappa shape index (κ1) is 15.1. The van der Waals surface area contributed by atoms with E-state index in [9.17, 15) is 4.79 Å². The lowest BCUT2D eigenvalue weighted by Gasteiger charge is -2.09. The molecular weight excluding hydrogens is 292 g/mol. The van der Waals surface area contributed by atoms with Crippen LogP contribution in [0.15, 0.2) is 53.3 Å². The van der Waals surface area contributed by atoms with Crippen molar-refractivity contribution in [1.29, 1.82) is 0 Å². The van der Waals surface area contributed by atoms with Crippen molar-refractivity contribution in [2.75, 3.05) is 13.2 Å². The fraction of sp³-hybridized carbons (Fsp3) is 0.222. The van der Waals surface area contributed by atoms with Gasteiger partial charge in [0.1, 0.15) is 11.3 Å². The third-order valence-electron chi connectivity index (χ3n) is 3.58. The Morgan fingerprint density at radius 1 is 1.26 bits per heavy atom. The molecule has 1 N–H and O–H groups in total. The lowest BCUT2D eigenvalue weighted by molar-refractivity contribution is -0.123. The Morgan fingerprint density at radius 3 is 3.00 bits per heavy atom. The summed E-state index contributed by atoms with van der Waals surface area (Å²) in [5, 5.41) is 2.85. The molecule has 0 atom stereocenters. The molecule has 0 fully saturated rings. The van der Waals surface area contributed by atoms with Gasteiger partial charge in [0.25, 0.3) is 5.91 Å². The SMILES string of the molecule is Cc1ccccc1OCC(=O)NCCc1ccc2ocnc2c1. The van der Waals surface area contributed by atoms with Crippen LogP contribution in [0.3, 0.4) is 0 Å². The van der Waals surface area contributed by atoms with Gasteiger partial charge in [0.2, 0.25) is 0 Å². The summed E-state index contributed by atoms with van der Waals surface area (Å²) >= 11 is 0. The molecule has 0 radical (unpaired) electrons. The highest BCUT2D eigenvalue weighted by Crippen LogP contribution is 2.16. The Labute approximate surface area is 134 Å². The van der Waals surface area contributed by atoms with Crippen LogP contribution in [0.5, 0.6) is 5.75 Å². The minimum absolute atomic E-state index is 0.0210. The lowest BCUT2D eigenvalue weighted by atomic mass is 10.1. The summed E-state index contributed by atoms with van der Waals surface area (Å²) < 4.78 is 10.7. The number of hydrogen-bond donors (Lipinski definition) is 1. The number of aromatic nitrogens is 1. The molecule has 0 saturated carbocycles. The predicted molar refractivity (Wildman–Crippen MR) is 87.4 cm³/mol. The molecule has 5 nitrogen and oxygen atoms in total. The van der Waals surface area contributed by atoms with Crippen molar-refractivity contribution in [3.05, 3.63) is 60.0 Å². The van der Waals surface area contributed by atoms with Crippen molar-refractivity contribution in [3.8, 4) is 5.75 Å². The fourth-order valence-electron chi connectivity index (χ4n) is 2.32. The van der Waals surface area contributed by atoms with Gasteiger partial charge in [-0.25, -0.2) is 4.98 Å². The average Bonchev–Trinajstić information content (AvgIpc) is 3.02. The molecule has 1 aromatic heterocycles. The van der Waals surface area contributed by atoms with Gasteiger partial charge in [-0.2, -0.15) is 0 Å². The molecule has 0 aliphatic carbocycles. The first-order chi connectivity index (χ1) is 11.2. The number of fused-ring (bicyclic) bond motifs is 1. The highest BCUT2D eigenvalue weighted by Gasteiger charge is 2.05. The summed E-state index contributed by atoms with van der Waals surface area (Å²) in [7, 11) is 0. The number of carbonyl (C=O) groups excluding carboxylic acids is 1. The molecule has 3 rings (SSSR count). The molecule has 23 heavy (non-hydrogen) atoms. The van der Waals surface area contributed by atoms with Gasteiger partial charge >= 0.3 is 0 Å². The van der Waals surface area contributed by atoms with Crippen LogP contribution in [-0.2, 0) is 11.2 Å². The van der Waals surface area contributed by atoms with E-state index in [-0.39, 0.29) is 12.5 Å². The van der Waals surface area contributed by atoms with E-state index in [2.05, 4.69) is 10.3 Å². The minimum Gasteiger partial charge on any atom is -0.484 e. The second-order valence-electron chi connectivity index (χ2n) is 5.31. The summed E-state index contributed by atoms with van der Waals surface area (Å²) in [6.07, 6.45) is 2.16. The van der Waals surface area contributed by atoms with Gasteiger partial charge in [0.15, 0.2) is 18.6 Å². The van der Waals surface area contributed by atoms with Gasteiger partial charge in [-0.1, -0.05) is 24.3 Å². The van der Waals surface area contributed by atoms with Gasteiger partial charge in [0.05, 0.1) is 0 Å². The van der Waals surface area contributed by atoms with E-state index in [0.717, 1.165) is 34.4 Å². The number of benzene rings is 2. The van der Waals surface area contributed by atoms with E-state index in [1.54, 1.807) is 0 Å². The number of hydrogen-bond acceptors (Lipinski definition) is 4. The fourth-order valence-corrected chi connectivity index (χ4v) is 2.32. The number of oxazole rings is 1. The predicted octanol–water partition coefficient (Wildman–Crippen LogP) is 2.87. The van der Waals surface area contributed by atoms with E-state index < -0.39 is 0 Å². The van der Waals surface area contributed by atoms with Gasteiger partial charge in [-0.3, -0.25) is 4.79 Å². The van der Waals surface area contributed by atoms with Crippen LogP contribution in [0.1, 0.15) is 11.1 Å². The second-order valence-corrected chi connectivity index (χ2v) is 5.31. The second kappa shape index (κ2) is 6.96. The van der Waals surface area contributed by atoms with Crippen LogP contribution in [0.25, 0.3) is 11.1 Å². The Balaban J connectivity index is 1.44. The molecule has 2 aromatic carbocycles. The zero-order chi connectivity index (χ0) is 16.1. The summed E-state index contributed by atoms with van der Waals surface area (Å²) in [4.78, 5) is 15.9. The van der Waals surface area contributed by atoms with E-state index in [1.807, 2.05) is 49.4 Å². The zero-order valence-electron chi connectivity index (χ0n) is 12.9. The van der Waals surface area contributed by atoms with Crippen molar-refractivity contribution in [3.63, 3.8) is 0 Å². The molecule has 0 bridgehead atoms. The largest absolute Gasteiger partial charge is 0.484 e. The van der Waals surface area contributed by atoms with Gasteiger partial charge < -0.3 is 14.5 Å². The van der Waals surface area contributed by atoms with Gasteiger partial charge in [-0.15, -0.1) is 0 Å². The number of carbonyl (C=O) groups is 1. The maximum Gasteiger partial charge on any atom is 0.257 e. The molecule has 0 aliphatic heterocycles. The van der Waals surface area contributed by atoms with Crippen molar-refractivity contribution in [2.24, 2.45) is 0 Å². The molecule has 1 heterocycles. The van der Waals surface area contributed by atoms with Crippen molar-refractivity contribution in [1.82, 2.24) is 10.3 Å². The third-order valence-corrected chi connectivity index (χ3v) is 3.58. The standard InChI is InChI=1S/C18H18N2O3/c1-13-4-2-3-5-16(13)22-11-18(21)19-9-8-14-6-7-17-15(10-14)20-12-23-17/h2-7,10,12H,8-9,11H2,1H3,(H,19,21). The van der Waals surface area contributed by atoms with E-state index >= 15 is 0 Å². The summed E-state index contributed by atoms with van der Waals surface area (Å²) in [5.41, 5.74) is 3.72. The third kappa shape index (κ3) is 3.88. The molecule has 5 heteroatoms. The summed E-state index contributed by atoms with van der Waals surface area (Å²) in [5.74, 6) is 0.606. The molecule has 0 aliphatic rings. The number of nitrogens with zero attached hydrogens (tertiary/aromatic N) is 1. The number of rotatable bonds is 6. The number of nitrogens with one attached hydrogen (secondary N) is 1. The minimum atomic E-state index is -0.129. The monoisotopic (exact) mass is 310 g/mol. The summed E-state index contributed by atoms with van der Waals surface area (Å²) in [6, 6.07) is 13.5. The molecule has 3 aromatic rings. The molecule has 0 spiro atoms. The highest BCUT2D eigenvalue weighted by molar-refractivity contribution is 5.77. The summed E-state index contributed by atoms with van der Waals surface area (Å²) in [6.45, 7) is 2.53. The number of aryl methyl sites for hydroxylation is 1. The zero-order valence-corrected chi connectivity index (χ0v) is 12.9. The number of para-hydroxylation sites is 1. The van der Waals surface area contributed by atoms with Crippen molar-refractivity contribution >= 4 is 17.0 Å². The first-order valence-corrected chi connectivity index (χ1v) is 7.49. The normalized spacial score (nSPS) is 10.7. The van der Waals surface area contributed by atoms with Crippen LogP contribution in [-0.4, -0.2) is 24.0 Å². The molecular formula is C18H18N2O3. The topological polar surface area (TPSA) is 64.4 Å². The lowest BCUT2D eigenvalue weighted by Crippen LogP contribution is -2.30. The van der Waals surface area contributed by atoms with Crippen molar-refractivity contribution in [2.45, 2.75) is 13.3 Å². The van der Waals surface area contributed by atoms with E-state index in [1.165, 1.54) is 6.39 Å². The maximum absolute atomic E-state index is 11.8. The molecule has 0 saturated heterocycles. The quantitative estimate of drug-likeness (QED) is 0.760. The van der Waals surface area contributed by atoms with Crippen LogP contribution in [0, 0.1) is 6.92 Å².